The maximum atomic E-state index is 13.5. The molecule has 17 heavy (non-hydrogen) atoms. The average Bonchev–Trinajstić information content (AvgIpc) is 2.13. The predicted molar refractivity (Wildman–Crippen MR) is 56.4 cm³/mol. The molecule has 0 saturated carbocycles. The van der Waals surface area contributed by atoms with Crippen LogP contribution < -0.4 is 4.90 Å². The van der Waals surface area contributed by atoms with E-state index in [-0.39, 0.29) is 11.3 Å². The van der Waals surface area contributed by atoms with Crippen LogP contribution in [-0.2, 0) is 0 Å². The number of alkyl halides is 3. The van der Waals surface area contributed by atoms with E-state index in [1.807, 2.05) is 0 Å². The number of nitrogens with zero attached hydrogens (tertiary/aromatic N) is 1. The molecule has 2 nitrogen and oxygen atoms in total. The Morgan fingerprint density at radius 2 is 1.94 bits per heavy atom. The maximum absolute atomic E-state index is 13.5. The van der Waals surface area contributed by atoms with Crippen LogP contribution in [0.15, 0.2) is 18.2 Å². The van der Waals surface area contributed by atoms with Crippen molar-refractivity contribution in [1.29, 1.82) is 0 Å². The third-order valence-electron chi connectivity index (χ3n) is 2.27. The lowest BCUT2D eigenvalue weighted by atomic mass is 10.1. The highest BCUT2D eigenvalue weighted by Crippen LogP contribution is 2.30. The van der Waals surface area contributed by atoms with Gasteiger partial charge in [0.05, 0.1) is 11.8 Å². The summed E-state index contributed by atoms with van der Waals surface area (Å²) < 4.78 is 50.2. The minimum Gasteiger partial charge on any atom is -0.389 e. The van der Waals surface area contributed by atoms with Gasteiger partial charge in [-0.1, -0.05) is 12.1 Å². The molecule has 1 N–H and O–H groups in total. The molecule has 1 aromatic rings. The Kier molecular flexibility index (Phi) is 3.98. The Morgan fingerprint density at radius 1 is 1.35 bits per heavy atom. The predicted octanol–water partition coefficient (Wildman–Crippen LogP) is 2.88. The van der Waals surface area contributed by atoms with Crippen molar-refractivity contribution in [2.75, 3.05) is 18.5 Å². The maximum Gasteiger partial charge on any atom is 0.405 e. The fraction of sp³-hybridized carbons (Fsp3) is 0.455. The van der Waals surface area contributed by atoms with Crippen LogP contribution >= 0.6 is 0 Å². The first kappa shape index (κ1) is 13.8. The number of halogens is 4. The summed E-state index contributed by atoms with van der Waals surface area (Å²) in [6, 6.07) is 3.81. The van der Waals surface area contributed by atoms with Gasteiger partial charge in [-0.15, -0.1) is 0 Å². The first-order chi connectivity index (χ1) is 7.72. The monoisotopic (exact) mass is 251 g/mol. The molecule has 0 spiro atoms. The first-order valence-electron chi connectivity index (χ1n) is 4.96. The van der Waals surface area contributed by atoms with Gasteiger partial charge >= 0.3 is 6.18 Å². The van der Waals surface area contributed by atoms with E-state index in [0.717, 1.165) is 18.0 Å². The first-order valence-corrected chi connectivity index (χ1v) is 4.96. The minimum atomic E-state index is -4.42. The van der Waals surface area contributed by atoms with E-state index in [2.05, 4.69) is 0 Å². The van der Waals surface area contributed by atoms with Crippen LogP contribution in [0.2, 0.25) is 0 Å². The minimum absolute atomic E-state index is 0.136. The zero-order valence-electron chi connectivity index (χ0n) is 9.42. The van der Waals surface area contributed by atoms with Crippen LogP contribution in [0.3, 0.4) is 0 Å². The Hall–Kier alpha value is -1.30. The van der Waals surface area contributed by atoms with Crippen molar-refractivity contribution >= 4 is 5.69 Å². The largest absolute Gasteiger partial charge is 0.405 e. The van der Waals surface area contributed by atoms with Crippen molar-refractivity contribution in [3.8, 4) is 0 Å². The number of anilines is 1. The van der Waals surface area contributed by atoms with Crippen LogP contribution in [0.25, 0.3) is 0 Å². The number of benzene rings is 1. The quantitative estimate of drug-likeness (QED) is 0.835. The van der Waals surface area contributed by atoms with Crippen LogP contribution in [0, 0.1) is 5.82 Å². The lowest BCUT2D eigenvalue weighted by molar-refractivity contribution is -0.119. The highest BCUT2D eigenvalue weighted by Gasteiger charge is 2.31. The van der Waals surface area contributed by atoms with Gasteiger partial charge in [-0.25, -0.2) is 4.39 Å². The summed E-state index contributed by atoms with van der Waals surface area (Å²) in [5.41, 5.74) is -0.0865. The Morgan fingerprint density at radius 3 is 2.41 bits per heavy atom. The highest BCUT2D eigenvalue weighted by molar-refractivity contribution is 5.55. The van der Waals surface area contributed by atoms with Gasteiger partial charge in [0.2, 0.25) is 0 Å². The molecular formula is C11H13F4NO. The summed E-state index contributed by atoms with van der Waals surface area (Å²) in [4.78, 5) is 0.747. The number of para-hydroxylation sites is 1. The molecule has 0 amide bonds. The van der Waals surface area contributed by atoms with E-state index in [1.54, 1.807) is 0 Å². The number of rotatable bonds is 3. The molecule has 1 aromatic carbocycles. The number of hydrogen-bond donors (Lipinski definition) is 1. The molecule has 0 heterocycles. The second-order valence-electron chi connectivity index (χ2n) is 3.82. The second-order valence-corrected chi connectivity index (χ2v) is 3.82. The zero-order valence-corrected chi connectivity index (χ0v) is 9.42. The summed E-state index contributed by atoms with van der Waals surface area (Å²) in [6.45, 7) is 0.105. The molecule has 1 rings (SSSR count). The van der Waals surface area contributed by atoms with Gasteiger partial charge in [-0.05, 0) is 13.0 Å². The van der Waals surface area contributed by atoms with Gasteiger partial charge in [0.1, 0.15) is 12.4 Å². The Balaban J connectivity index is 3.11. The average molecular weight is 251 g/mol. The van der Waals surface area contributed by atoms with Gasteiger partial charge < -0.3 is 10.0 Å². The van der Waals surface area contributed by atoms with E-state index >= 15 is 0 Å². The molecule has 1 unspecified atom stereocenters. The molecule has 0 aromatic heterocycles. The summed E-state index contributed by atoms with van der Waals surface area (Å²) in [5.74, 6) is -0.782. The van der Waals surface area contributed by atoms with Crippen LogP contribution in [0.1, 0.15) is 18.6 Å². The molecule has 0 aliphatic heterocycles. The van der Waals surface area contributed by atoms with Crippen LogP contribution in [-0.4, -0.2) is 24.9 Å². The van der Waals surface area contributed by atoms with E-state index in [4.69, 9.17) is 0 Å². The van der Waals surface area contributed by atoms with Crippen molar-refractivity contribution < 1.29 is 22.7 Å². The summed E-state index contributed by atoms with van der Waals surface area (Å²) in [5, 5.41) is 9.40. The van der Waals surface area contributed by atoms with Crippen LogP contribution in [0.4, 0.5) is 23.2 Å². The summed E-state index contributed by atoms with van der Waals surface area (Å²) in [6.07, 6.45) is -5.45. The standard InChI is InChI=1S/C11H13F4NO/c1-7(17)8-4-3-5-9(12)10(8)16(2)6-11(13,14)15/h3-5,7,17H,6H2,1-2H3. The number of aliphatic hydroxyl groups excluding tert-OH is 1. The van der Waals surface area contributed by atoms with E-state index in [0.29, 0.717) is 0 Å². The third-order valence-corrected chi connectivity index (χ3v) is 2.27. The van der Waals surface area contributed by atoms with Gasteiger partial charge in [0.15, 0.2) is 0 Å². The molecule has 6 heteroatoms. The molecule has 0 aliphatic carbocycles. The Bertz CT molecular complexity index is 390. The van der Waals surface area contributed by atoms with Gasteiger partial charge in [0, 0.05) is 12.6 Å². The van der Waals surface area contributed by atoms with Crippen molar-refractivity contribution in [2.45, 2.75) is 19.2 Å². The highest BCUT2D eigenvalue weighted by atomic mass is 19.4. The van der Waals surface area contributed by atoms with Crippen molar-refractivity contribution in [2.24, 2.45) is 0 Å². The molecule has 1 atom stereocenters. The van der Waals surface area contributed by atoms with Crippen LogP contribution in [0.5, 0.6) is 0 Å². The summed E-state index contributed by atoms with van der Waals surface area (Å²) >= 11 is 0. The Labute approximate surface area is 96.5 Å². The number of aliphatic hydroxyl groups is 1. The SMILES string of the molecule is CC(O)c1cccc(F)c1N(C)CC(F)(F)F. The molecule has 0 fully saturated rings. The van der Waals surface area contributed by atoms with E-state index in [1.165, 1.54) is 19.1 Å². The van der Waals surface area contributed by atoms with Crippen molar-refractivity contribution in [1.82, 2.24) is 0 Å². The van der Waals surface area contributed by atoms with Gasteiger partial charge in [0.25, 0.3) is 0 Å². The fourth-order valence-electron chi connectivity index (χ4n) is 1.62. The van der Waals surface area contributed by atoms with Gasteiger partial charge in [-0.3, -0.25) is 0 Å². The van der Waals surface area contributed by atoms with Crippen molar-refractivity contribution in [3.63, 3.8) is 0 Å². The molecule has 0 bridgehead atoms. The topological polar surface area (TPSA) is 23.5 Å². The van der Waals surface area contributed by atoms with E-state index < -0.39 is 24.6 Å². The van der Waals surface area contributed by atoms with Crippen molar-refractivity contribution in [3.05, 3.63) is 29.6 Å². The lowest BCUT2D eigenvalue weighted by Crippen LogP contribution is -2.32. The smallest absolute Gasteiger partial charge is 0.389 e. The fourth-order valence-corrected chi connectivity index (χ4v) is 1.62. The normalized spacial score (nSPS) is 13.6. The number of hydrogen-bond acceptors (Lipinski definition) is 2. The molecular weight excluding hydrogens is 238 g/mol. The third kappa shape index (κ3) is 3.59. The van der Waals surface area contributed by atoms with E-state index in [9.17, 15) is 22.7 Å². The zero-order chi connectivity index (χ0) is 13.2. The second kappa shape index (κ2) is 4.91. The molecule has 0 saturated heterocycles. The molecule has 0 aliphatic rings. The molecule has 96 valence electrons. The summed E-state index contributed by atoms with van der Waals surface area (Å²) in [7, 11) is 1.14. The molecule has 0 radical (unpaired) electrons. The van der Waals surface area contributed by atoms with Gasteiger partial charge in [-0.2, -0.15) is 13.2 Å². The lowest BCUT2D eigenvalue weighted by Gasteiger charge is -2.25.